The quantitative estimate of drug-likeness (QED) is 0.860. The molecular weight excluding hydrogens is 276 g/mol. The molecule has 0 bridgehead atoms. The van der Waals surface area contributed by atoms with Crippen molar-refractivity contribution in [3.05, 3.63) is 35.4 Å². The Morgan fingerprint density at radius 3 is 2.18 bits per heavy atom. The summed E-state index contributed by atoms with van der Waals surface area (Å²) in [6.07, 6.45) is 1.30. The number of hydrogen-bond acceptors (Lipinski definition) is 2. The molecule has 0 aromatic heterocycles. The van der Waals surface area contributed by atoms with Crippen LogP contribution >= 0.6 is 0 Å². The van der Waals surface area contributed by atoms with E-state index in [1.165, 1.54) is 5.56 Å². The largest absolute Gasteiger partial charge is 0.341 e. The average molecular weight is 302 g/mol. The van der Waals surface area contributed by atoms with Crippen LogP contribution in [-0.2, 0) is 16.0 Å². The molecule has 0 spiro atoms. The van der Waals surface area contributed by atoms with Crippen molar-refractivity contribution >= 4 is 11.8 Å². The molecule has 1 aliphatic heterocycles. The van der Waals surface area contributed by atoms with Crippen molar-refractivity contribution in [2.24, 2.45) is 0 Å². The molecule has 1 aliphatic rings. The summed E-state index contributed by atoms with van der Waals surface area (Å²) in [4.78, 5) is 27.6. The maximum Gasteiger partial charge on any atom is 0.227 e. The Hall–Kier alpha value is -1.84. The fraction of sp³-hybridized carbons (Fsp3) is 0.556. The third-order valence-electron chi connectivity index (χ3n) is 4.30. The van der Waals surface area contributed by atoms with Crippen LogP contribution in [0.2, 0.25) is 0 Å². The van der Waals surface area contributed by atoms with E-state index in [4.69, 9.17) is 0 Å². The number of rotatable bonds is 3. The predicted octanol–water partition coefficient (Wildman–Crippen LogP) is 2.43. The van der Waals surface area contributed by atoms with E-state index in [1.807, 2.05) is 21.9 Å². The molecule has 1 aromatic carbocycles. The van der Waals surface area contributed by atoms with Crippen LogP contribution < -0.4 is 0 Å². The zero-order chi connectivity index (χ0) is 16.1. The Bertz CT molecular complexity index is 522. The highest BCUT2D eigenvalue weighted by Gasteiger charge is 2.20. The molecule has 0 atom stereocenters. The first-order valence-corrected chi connectivity index (χ1v) is 8.09. The Balaban J connectivity index is 1.92. The van der Waals surface area contributed by atoms with E-state index < -0.39 is 0 Å². The molecule has 0 N–H and O–H groups in total. The zero-order valence-electron chi connectivity index (χ0n) is 13.8. The molecule has 0 radical (unpaired) electrons. The van der Waals surface area contributed by atoms with Gasteiger partial charge in [-0.05, 0) is 23.5 Å². The van der Waals surface area contributed by atoms with Gasteiger partial charge in [0.15, 0.2) is 0 Å². The van der Waals surface area contributed by atoms with Crippen molar-refractivity contribution < 1.29 is 9.59 Å². The van der Waals surface area contributed by atoms with Crippen molar-refractivity contribution in [2.75, 3.05) is 26.2 Å². The van der Waals surface area contributed by atoms with Crippen molar-refractivity contribution in [3.63, 3.8) is 0 Å². The molecule has 1 fully saturated rings. The lowest BCUT2D eigenvalue weighted by atomic mass is 10.0. The molecule has 0 aliphatic carbocycles. The first-order valence-electron chi connectivity index (χ1n) is 8.09. The first kappa shape index (κ1) is 16.5. The fourth-order valence-corrected chi connectivity index (χ4v) is 2.79. The highest BCUT2D eigenvalue weighted by Crippen LogP contribution is 2.15. The maximum absolute atomic E-state index is 12.4. The number of amides is 2. The van der Waals surface area contributed by atoms with E-state index in [0.717, 1.165) is 25.1 Å². The molecule has 0 saturated carbocycles. The molecule has 2 rings (SSSR count). The van der Waals surface area contributed by atoms with Crippen LogP contribution in [0.1, 0.15) is 44.2 Å². The van der Waals surface area contributed by atoms with Gasteiger partial charge in [0.05, 0.1) is 6.42 Å². The van der Waals surface area contributed by atoms with Gasteiger partial charge in [0.1, 0.15) is 0 Å². The summed E-state index contributed by atoms with van der Waals surface area (Å²) in [5.74, 6) is 0.759. The summed E-state index contributed by atoms with van der Waals surface area (Å²) in [5, 5.41) is 0. The first-order chi connectivity index (χ1) is 10.5. The third-order valence-corrected chi connectivity index (χ3v) is 4.30. The Morgan fingerprint density at radius 2 is 1.59 bits per heavy atom. The van der Waals surface area contributed by atoms with E-state index >= 15 is 0 Å². The minimum absolute atomic E-state index is 0.0959. The minimum atomic E-state index is 0.0959. The highest BCUT2D eigenvalue weighted by molar-refractivity contribution is 5.79. The number of nitrogens with zero attached hydrogens (tertiary/aromatic N) is 2. The van der Waals surface area contributed by atoms with Crippen LogP contribution in [0.15, 0.2) is 24.3 Å². The minimum Gasteiger partial charge on any atom is -0.341 e. The van der Waals surface area contributed by atoms with Gasteiger partial charge >= 0.3 is 0 Å². The monoisotopic (exact) mass is 302 g/mol. The lowest BCUT2D eigenvalue weighted by Crippen LogP contribution is -2.37. The van der Waals surface area contributed by atoms with Gasteiger partial charge in [-0.15, -0.1) is 0 Å². The normalized spacial score (nSPS) is 15.8. The molecule has 22 heavy (non-hydrogen) atoms. The van der Waals surface area contributed by atoms with Crippen molar-refractivity contribution in [2.45, 2.75) is 39.5 Å². The molecule has 1 heterocycles. The third kappa shape index (κ3) is 4.33. The summed E-state index contributed by atoms with van der Waals surface area (Å²) < 4.78 is 0. The molecule has 1 saturated heterocycles. The Kier molecular flexibility index (Phi) is 5.58. The number of carbonyl (C=O) groups is 2. The summed E-state index contributed by atoms with van der Waals surface area (Å²) in [6, 6.07) is 8.31. The van der Waals surface area contributed by atoms with E-state index in [-0.39, 0.29) is 11.8 Å². The van der Waals surface area contributed by atoms with Gasteiger partial charge < -0.3 is 9.80 Å². The second-order valence-electron chi connectivity index (χ2n) is 6.31. The van der Waals surface area contributed by atoms with Crippen LogP contribution in [0.5, 0.6) is 0 Å². The second kappa shape index (κ2) is 7.43. The van der Waals surface area contributed by atoms with E-state index in [1.54, 1.807) is 6.92 Å². The number of hydrogen-bond donors (Lipinski definition) is 0. The number of carbonyl (C=O) groups excluding carboxylic acids is 2. The topological polar surface area (TPSA) is 40.6 Å². The van der Waals surface area contributed by atoms with Crippen molar-refractivity contribution in [1.82, 2.24) is 9.80 Å². The van der Waals surface area contributed by atoms with Crippen molar-refractivity contribution in [1.29, 1.82) is 0 Å². The van der Waals surface area contributed by atoms with Crippen LogP contribution in [0.25, 0.3) is 0 Å². The lowest BCUT2D eigenvalue weighted by molar-refractivity contribution is -0.132. The smallest absolute Gasteiger partial charge is 0.227 e. The van der Waals surface area contributed by atoms with Crippen LogP contribution in [-0.4, -0.2) is 47.8 Å². The van der Waals surface area contributed by atoms with Gasteiger partial charge in [-0.1, -0.05) is 38.1 Å². The highest BCUT2D eigenvalue weighted by atomic mass is 16.2. The van der Waals surface area contributed by atoms with E-state index in [2.05, 4.69) is 26.0 Å². The second-order valence-corrected chi connectivity index (χ2v) is 6.31. The summed E-state index contributed by atoms with van der Waals surface area (Å²) >= 11 is 0. The van der Waals surface area contributed by atoms with Gasteiger partial charge in [0.25, 0.3) is 0 Å². The molecule has 120 valence electrons. The van der Waals surface area contributed by atoms with E-state index in [0.29, 0.717) is 25.4 Å². The fourth-order valence-electron chi connectivity index (χ4n) is 2.79. The molecule has 4 nitrogen and oxygen atoms in total. The zero-order valence-corrected chi connectivity index (χ0v) is 13.8. The number of benzene rings is 1. The molecular formula is C18H26N2O2. The van der Waals surface area contributed by atoms with Crippen molar-refractivity contribution in [3.8, 4) is 0 Å². The van der Waals surface area contributed by atoms with E-state index in [9.17, 15) is 9.59 Å². The maximum atomic E-state index is 12.4. The van der Waals surface area contributed by atoms with Gasteiger partial charge in [0, 0.05) is 33.1 Å². The Morgan fingerprint density at radius 1 is 1.00 bits per heavy atom. The van der Waals surface area contributed by atoms with Crippen LogP contribution in [0.4, 0.5) is 0 Å². The molecule has 4 heteroatoms. The standard InChI is InChI=1S/C18H26N2O2/c1-14(2)17-7-5-16(6-8-17)13-18(22)20-10-4-9-19(11-12-20)15(3)21/h5-8,14H,4,9-13H2,1-3H3. The SMILES string of the molecule is CC(=O)N1CCCN(C(=O)Cc2ccc(C(C)C)cc2)CC1. The van der Waals surface area contributed by atoms with Gasteiger partial charge in [0.2, 0.25) is 11.8 Å². The van der Waals surface area contributed by atoms with Crippen LogP contribution in [0.3, 0.4) is 0 Å². The average Bonchev–Trinajstić information content (AvgIpc) is 2.73. The molecule has 2 amide bonds. The van der Waals surface area contributed by atoms with Gasteiger partial charge in [-0.2, -0.15) is 0 Å². The van der Waals surface area contributed by atoms with Gasteiger partial charge in [-0.3, -0.25) is 9.59 Å². The lowest BCUT2D eigenvalue weighted by Gasteiger charge is -2.21. The van der Waals surface area contributed by atoms with Crippen LogP contribution in [0, 0.1) is 0 Å². The molecule has 0 unspecified atom stereocenters. The summed E-state index contributed by atoms with van der Waals surface area (Å²) in [6.45, 7) is 8.70. The van der Waals surface area contributed by atoms with Gasteiger partial charge in [-0.25, -0.2) is 0 Å². The molecule has 1 aromatic rings. The predicted molar refractivity (Wildman–Crippen MR) is 87.7 cm³/mol. The Labute approximate surface area is 133 Å². The summed E-state index contributed by atoms with van der Waals surface area (Å²) in [5.41, 5.74) is 2.35. The summed E-state index contributed by atoms with van der Waals surface area (Å²) in [7, 11) is 0.